The number of non-ortho nitro benzene ring substituents is 1. The van der Waals surface area contributed by atoms with Gasteiger partial charge in [0.1, 0.15) is 12.4 Å². The van der Waals surface area contributed by atoms with E-state index in [4.69, 9.17) is 33.3 Å². The fourth-order valence-corrected chi connectivity index (χ4v) is 2.42. The number of hydrogen-bond acceptors (Lipinski definition) is 6. The van der Waals surface area contributed by atoms with E-state index in [0.717, 1.165) is 0 Å². The smallest absolute Gasteiger partial charge is 0.271 e. The maximum absolute atomic E-state index is 12.2. The molecule has 0 saturated carbocycles. The summed E-state index contributed by atoms with van der Waals surface area (Å²) in [4.78, 5) is 22.4. The van der Waals surface area contributed by atoms with Crippen molar-refractivity contribution in [1.82, 2.24) is 5.32 Å². The van der Waals surface area contributed by atoms with Crippen molar-refractivity contribution in [3.05, 3.63) is 63.2 Å². The molecule has 27 heavy (non-hydrogen) atoms. The van der Waals surface area contributed by atoms with Gasteiger partial charge in [0, 0.05) is 24.8 Å². The first-order valence-corrected chi connectivity index (χ1v) is 8.47. The molecule has 0 unspecified atom stereocenters. The molecular weight excluding hydrogens is 394 g/mol. The van der Waals surface area contributed by atoms with Crippen LogP contribution in [0.5, 0.6) is 5.75 Å². The van der Waals surface area contributed by atoms with Crippen LogP contribution in [0.3, 0.4) is 0 Å². The molecule has 0 heterocycles. The van der Waals surface area contributed by atoms with Gasteiger partial charge in [-0.05, 0) is 42.5 Å². The van der Waals surface area contributed by atoms with Crippen LogP contribution < -0.4 is 15.4 Å². The zero-order valence-electron chi connectivity index (χ0n) is 14.2. The summed E-state index contributed by atoms with van der Waals surface area (Å²) in [5, 5.41) is 16.1. The molecule has 0 aliphatic heterocycles. The van der Waals surface area contributed by atoms with Crippen LogP contribution in [0.1, 0.15) is 10.4 Å². The molecule has 8 nitrogen and oxygen atoms in total. The third-order valence-electron chi connectivity index (χ3n) is 3.31. The number of rotatable bonds is 7. The minimum atomic E-state index is -0.557. The molecule has 142 valence electrons. The molecule has 0 saturated heterocycles. The number of nitro benzene ring substituents is 1. The van der Waals surface area contributed by atoms with Crippen molar-refractivity contribution in [2.45, 2.75) is 0 Å². The van der Waals surface area contributed by atoms with E-state index in [0.29, 0.717) is 30.2 Å². The van der Waals surface area contributed by atoms with E-state index in [1.165, 1.54) is 18.2 Å². The topological polar surface area (TPSA) is 103 Å². The summed E-state index contributed by atoms with van der Waals surface area (Å²) in [6.07, 6.45) is 0. The van der Waals surface area contributed by atoms with Crippen molar-refractivity contribution in [2.75, 3.05) is 25.6 Å². The van der Waals surface area contributed by atoms with Crippen molar-refractivity contribution in [3.63, 3.8) is 0 Å². The van der Waals surface area contributed by atoms with Crippen molar-refractivity contribution in [1.29, 1.82) is 0 Å². The van der Waals surface area contributed by atoms with E-state index < -0.39 is 10.8 Å². The lowest BCUT2D eigenvalue weighted by Gasteiger charge is -2.11. The average molecular weight is 410 g/mol. The Hall–Kier alpha value is -2.75. The second kappa shape index (κ2) is 9.81. The number of amides is 1. The summed E-state index contributed by atoms with van der Waals surface area (Å²) < 4.78 is 10.3. The van der Waals surface area contributed by atoms with Crippen LogP contribution in [0.2, 0.25) is 5.02 Å². The number of hydrogen-bond donors (Lipinski definition) is 2. The first kappa shape index (κ1) is 20.6. The van der Waals surface area contributed by atoms with Gasteiger partial charge in [0.25, 0.3) is 11.6 Å². The molecule has 2 aromatic rings. The summed E-state index contributed by atoms with van der Waals surface area (Å²) in [5.74, 6) is 0.191. The Labute approximate surface area is 165 Å². The number of nitro groups is 1. The van der Waals surface area contributed by atoms with Gasteiger partial charge < -0.3 is 14.8 Å². The van der Waals surface area contributed by atoms with Crippen LogP contribution in [0.4, 0.5) is 11.4 Å². The predicted molar refractivity (Wildman–Crippen MR) is 106 cm³/mol. The first-order valence-electron chi connectivity index (χ1n) is 7.69. The molecule has 0 radical (unpaired) electrons. The maximum Gasteiger partial charge on any atom is 0.271 e. The average Bonchev–Trinajstić information content (AvgIpc) is 2.64. The fraction of sp³-hybridized carbons (Fsp3) is 0.176. The number of anilines is 1. The molecule has 0 atom stereocenters. The Morgan fingerprint density at radius 2 is 1.93 bits per heavy atom. The molecule has 1 amide bonds. The van der Waals surface area contributed by atoms with Gasteiger partial charge in [-0.3, -0.25) is 20.2 Å². The lowest BCUT2D eigenvalue weighted by molar-refractivity contribution is -0.384. The van der Waals surface area contributed by atoms with Crippen LogP contribution in [-0.2, 0) is 4.74 Å². The molecule has 0 aliphatic rings. The highest BCUT2D eigenvalue weighted by Crippen LogP contribution is 2.26. The Bertz CT molecular complexity index is 845. The molecule has 0 bridgehead atoms. The van der Waals surface area contributed by atoms with Crippen molar-refractivity contribution in [3.8, 4) is 5.75 Å². The Morgan fingerprint density at radius 1 is 1.22 bits per heavy atom. The van der Waals surface area contributed by atoms with E-state index in [9.17, 15) is 14.9 Å². The zero-order valence-corrected chi connectivity index (χ0v) is 15.8. The summed E-state index contributed by atoms with van der Waals surface area (Å²) in [6.45, 7) is 0.874. The lowest BCUT2D eigenvalue weighted by Crippen LogP contribution is -2.34. The second-order valence-corrected chi connectivity index (χ2v) is 6.01. The van der Waals surface area contributed by atoms with Crippen LogP contribution in [0.15, 0.2) is 42.5 Å². The van der Waals surface area contributed by atoms with Crippen LogP contribution in [-0.4, -0.2) is 36.3 Å². The van der Waals surface area contributed by atoms with E-state index >= 15 is 0 Å². The van der Waals surface area contributed by atoms with E-state index in [1.54, 1.807) is 31.4 Å². The van der Waals surface area contributed by atoms with Crippen LogP contribution in [0, 0.1) is 10.1 Å². The number of benzene rings is 2. The van der Waals surface area contributed by atoms with Crippen LogP contribution >= 0.6 is 23.8 Å². The Balaban J connectivity index is 1.93. The standard InChI is InChI=1S/C17H16ClN3O5S/c1-25-8-9-26-13-5-2-11(3-6-13)16(22)20-17(27)19-15-7-4-12(21(23)24)10-14(15)18/h2-7,10H,8-9H2,1H3,(H2,19,20,22,27). The zero-order chi connectivity index (χ0) is 19.8. The summed E-state index contributed by atoms with van der Waals surface area (Å²) >= 11 is 11.1. The monoisotopic (exact) mass is 409 g/mol. The van der Waals surface area contributed by atoms with Crippen molar-refractivity contribution < 1.29 is 19.2 Å². The number of ether oxygens (including phenoxy) is 2. The highest BCUT2D eigenvalue weighted by Gasteiger charge is 2.12. The summed E-state index contributed by atoms with van der Waals surface area (Å²) in [5.41, 5.74) is 0.579. The highest BCUT2D eigenvalue weighted by atomic mass is 35.5. The number of nitrogens with one attached hydrogen (secondary N) is 2. The molecule has 0 aliphatic carbocycles. The van der Waals surface area contributed by atoms with Gasteiger partial charge >= 0.3 is 0 Å². The molecule has 10 heteroatoms. The minimum absolute atomic E-state index is 0.0103. The number of nitrogens with zero attached hydrogens (tertiary/aromatic N) is 1. The van der Waals surface area contributed by atoms with Gasteiger partial charge in [0.05, 0.1) is 22.2 Å². The maximum atomic E-state index is 12.2. The molecule has 0 fully saturated rings. The number of thiocarbonyl (C=S) groups is 1. The Morgan fingerprint density at radius 3 is 2.52 bits per heavy atom. The normalized spacial score (nSPS) is 10.1. The highest BCUT2D eigenvalue weighted by molar-refractivity contribution is 7.80. The predicted octanol–water partition coefficient (Wildman–Crippen LogP) is 3.40. The largest absolute Gasteiger partial charge is 0.491 e. The van der Waals surface area contributed by atoms with Gasteiger partial charge in [0.2, 0.25) is 0 Å². The number of carbonyl (C=O) groups excluding carboxylic acids is 1. The van der Waals surface area contributed by atoms with Gasteiger partial charge in [0.15, 0.2) is 5.11 Å². The first-order chi connectivity index (χ1) is 12.9. The molecular formula is C17H16ClN3O5S. The molecule has 0 aromatic heterocycles. The quantitative estimate of drug-likeness (QED) is 0.312. The summed E-state index contributed by atoms with van der Waals surface area (Å²) in [7, 11) is 1.58. The molecule has 2 rings (SSSR count). The molecule has 2 N–H and O–H groups in total. The van der Waals surface area contributed by atoms with E-state index in [1.807, 2.05) is 0 Å². The van der Waals surface area contributed by atoms with Gasteiger partial charge in [-0.25, -0.2) is 0 Å². The second-order valence-electron chi connectivity index (χ2n) is 5.20. The Kier molecular flexibility index (Phi) is 7.47. The third kappa shape index (κ3) is 6.17. The van der Waals surface area contributed by atoms with Gasteiger partial charge in [-0.2, -0.15) is 0 Å². The third-order valence-corrected chi connectivity index (χ3v) is 3.83. The van der Waals surface area contributed by atoms with Crippen molar-refractivity contribution >= 4 is 46.2 Å². The van der Waals surface area contributed by atoms with E-state index in [2.05, 4.69) is 10.6 Å². The van der Waals surface area contributed by atoms with E-state index in [-0.39, 0.29) is 15.8 Å². The minimum Gasteiger partial charge on any atom is -0.491 e. The summed E-state index contributed by atoms with van der Waals surface area (Å²) in [6, 6.07) is 10.4. The number of halogens is 1. The SMILES string of the molecule is COCCOc1ccc(C(=O)NC(=S)Nc2ccc([N+](=O)[O-])cc2Cl)cc1. The molecule has 0 spiro atoms. The van der Waals surface area contributed by atoms with Crippen molar-refractivity contribution in [2.24, 2.45) is 0 Å². The number of methoxy groups -OCH3 is 1. The molecule has 2 aromatic carbocycles. The number of carbonyl (C=O) groups is 1. The van der Waals surface area contributed by atoms with Crippen LogP contribution in [0.25, 0.3) is 0 Å². The van der Waals surface area contributed by atoms with Gasteiger partial charge in [-0.15, -0.1) is 0 Å². The lowest BCUT2D eigenvalue weighted by atomic mass is 10.2. The fourth-order valence-electron chi connectivity index (χ4n) is 1.99. The van der Waals surface area contributed by atoms with Gasteiger partial charge in [-0.1, -0.05) is 11.6 Å².